The van der Waals surface area contributed by atoms with Crippen LogP contribution in [-0.4, -0.2) is 11.3 Å². The van der Waals surface area contributed by atoms with Gasteiger partial charge in [-0.15, -0.1) is 13.2 Å². The minimum atomic E-state index is -4.93. The second-order valence-electron chi connectivity index (χ2n) is 2.46. The lowest BCUT2D eigenvalue weighted by Gasteiger charge is -2.10. The van der Waals surface area contributed by atoms with Gasteiger partial charge in [0, 0.05) is 12.3 Å². The van der Waals surface area contributed by atoms with Crippen molar-refractivity contribution in [3.8, 4) is 11.8 Å². The summed E-state index contributed by atoms with van der Waals surface area (Å²) in [5, 5.41) is 8.40. The van der Waals surface area contributed by atoms with Gasteiger partial charge in [-0.3, -0.25) is 4.98 Å². The van der Waals surface area contributed by atoms with Crippen molar-refractivity contribution >= 4 is 0 Å². The van der Waals surface area contributed by atoms with E-state index in [9.17, 15) is 17.6 Å². The highest BCUT2D eigenvalue weighted by Gasteiger charge is 2.32. The second kappa shape index (κ2) is 4.13. The summed E-state index contributed by atoms with van der Waals surface area (Å²) in [5.41, 5.74) is -0.627. The van der Waals surface area contributed by atoms with Crippen LogP contribution in [0.3, 0.4) is 0 Å². The molecular weight excluding hydrogens is 216 g/mol. The molecule has 0 spiro atoms. The van der Waals surface area contributed by atoms with E-state index < -0.39 is 24.5 Å². The van der Waals surface area contributed by atoms with Crippen LogP contribution in [0.1, 0.15) is 11.3 Å². The molecule has 80 valence electrons. The molecule has 0 radical (unpaired) electrons. The van der Waals surface area contributed by atoms with Gasteiger partial charge < -0.3 is 4.74 Å². The van der Waals surface area contributed by atoms with Crippen LogP contribution >= 0.6 is 0 Å². The summed E-state index contributed by atoms with van der Waals surface area (Å²) in [5.74, 6) is -0.788. The van der Waals surface area contributed by atoms with Gasteiger partial charge in [-0.1, -0.05) is 0 Å². The number of pyridine rings is 1. The van der Waals surface area contributed by atoms with E-state index in [1.165, 1.54) is 0 Å². The number of alkyl halides is 4. The minimum absolute atomic E-state index is 0.133. The highest BCUT2D eigenvalue weighted by atomic mass is 19.4. The van der Waals surface area contributed by atoms with Crippen LogP contribution in [0.4, 0.5) is 17.6 Å². The van der Waals surface area contributed by atoms with E-state index in [0.29, 0.717) is 0 Å². The third-order valence-corrected chi connectivity index (χ3v) is 1.41. The quantitative estimate of drug-likeness (QED) is 0.718. The van der Waals surface area contributed by atoms with Gasteiger partial charge in [0.1, 0.15) is 18.4 Å². The molecule has 7 heteroatoms. The molecule has 0 saturated heterocycles. The molecule has 0 unspecified atom stereocenters. The van der Waals surface area contributed by atoms with Gasteiger partial charge >= 0.3 is 6.36 Å². The van der Waals surface area contributed by atoms with Crippen LogP contribution in [0.5, 0.6) is 5.75 Å². The predicted octanol–water partition coefficient (Wildman–Crippen LogP) is 2.32. The first kappa shape index (κ1) is 11.2. The summed E-state index contributed by atoms with van der Waals surface area (Å²) >= 11 is 0. The van der Waals surface area contributed by atoms with Gasteiger partial charge in [-0.25, -0.2) is 4.39 Å². The number of ether oxygens (including phenoxy) is 1. The monoisotopic (exact) mass is 220 g/mol. The van der Waals surface area contributed by atoms with Crippen molar-refractivity contribution in [3.05, 3.63) is 23.5 Å². The van der Waals surface area contributed by atoms with Crippen molar-refractivity contribution in [3.63, 3.8) is 0 Å². The maximum absolute atomic E-state index is 12.2. The van der Waals surface area contributed by atoms with Gasteiger partial charge in [0.25, 0.3) is 0 Å². The molecule has 0 aliphatic carbocycles. The zero-order valence-corrected chi connectivity index (χ0v) is 7.18. The average molecular weight is 220 g/mol. The Morgan fingerprint density at radius 2 is 2.13 bits per heavy atom. The molecule has 0 atom stereocenters. The van der Waals surface area contributed by atoms with Crippen LogP contribution in [-0.2, 0) is 6.67 Å². The molecule has 0 aromatic carbocycles. The number of nitrogens with zero attached hydrogens (tertiary/aromatic N) is 2. The minimum Gasteiger partial charge on any atom is -0.404 e. The third-order valence-electron chi connectivity index (χ3n) is 1.41. The standard InChI is InChI=1S/C8H4F4N2O/c9-2-6-7(15-8(10,11)12)1-5(3-13)4-14-6/h1,4H,2H2. The molecule has 1 rings (SSSR count). The first-order valence-corrected chi connectivity index (χ1v) is 3.67. The van der Waals surface area contributed by atoms with Crippen molar-refractivity contribution in [1.29, 1.82) is 5.26 Å². The van der Waals surface area contributed by atoms with Crippen molar-refractivity contribution in [2.75, 3.05) is 0 Å². The Labute approximate surface area is 81.9 Å². The van der Waals surface area contributed by atoms with E-state index >= 15 is 0 Å². The van der Waals surface area contributed by atoms with Crippen molar-refractivity contribution < 1.29 is 22.3 Å². The van der Waals surface area contributed by atoms with Crippen molar-refractivity contribution in [2.45, 2.75) is 13.0 Å². The topological polar surface area (TPSA) is 45.9 Å². The van der Waals surface area contributed by atoms with E-state index in [2.05, 4.69) is 9.72 Å². The fraction of sp³-hybridized carbons (Fsp3) is 0.250. The maximum atomic E-state index is 12.2. The fourth-order valence-corrected chi connectivity index (χ4v) is 0.847. The average Bonchev–Trinajstić information content (AvgIpc) is 2.15. The normalized spacial score (nSPS) is 10.9. The van der Waals surface area contributed by atoms with Crippen LogP contribution in [0.25, 0.3) is 0 Å². The number of hydrogen-bond acceptors (Lipinski definition) is 3. The van der Waals surface area contributed by atoms with Gasteiger partial charge in [-0.05, 0) is 0 Å². The second-order valence-corrected chi connectivity index (χ2v) is 2.46. The molecule has 0 bridgehead atoms. The molecule has 0 fully saturated rings. The lowest BCUT2D eigenvalue weighted by Crippen LogP contribution is -2.18. The Kier molecular flexibility index (Phi) is 3.09. The van der Waals surface area contributed by atoms with Crippen LogP contribution < -0.4 is 4.74 Å². The van der Waals surface area contributed by atoms with Crippen molar-refractivity contribution in [2.24, 2.45) is 0 Å². The zero-order chi connectivity index (χ0) is 11.5. The first-order chi connectivity index (χ1) is 6.96. The number of nitriles is 1. The summed E-state index contributed by atoms with van der Waals surface area (Å²) in [6.07, 6.45) is -3.96. The molecule has 1 heterocycles. The summed E-state index contributed by atoms with van der Waals surface area (Å²) < 4.78 is 51.2. The first-order valence-electron chi connectivity index (χ1n) is 3.67. The third kappa shape index (κ3) is 3.09. The summed E-state index contributed by atoms with van der Waals surface area (Å²) in [6, 6.07) is 2.36. The SMILES string of the molecule is N#Cc1cnc(CF)c(OC(F)(F)F)c1. The number of rotatable bonds is 2. The highest BCUT2D eigenvalue weighted by molar-refractivity contribution is 5.37. The molecule has 1 aromatic rings. The molecule has 3 nitrogen and oxygen atoms in total. The van der Waals surface area contributed by atoms with Crippen molar-refractivity contribution in [1.82, 2.24) is 4.98 Å². The van der Waals surface area contributed by atoms with Gasteiger partial charge in [-0.2, -0.15) is 5.26 Å². The molecule has 0 saturated carbocycles. The lowest BCUT2D eigenvalue weighted by molar-refractivity contribution is -0.275. The van der Waals surface area contributed by atoms with Gasteiger partial charge in [0.2, 0.25) is 0 Å². The van der Waals surface area contributed by atoms with E-state index in [1.807, 2.05) is 0 Å². The van der Waals surface area contributed by atoms with Crippen LogP contribution in [0.15, 0.2) is 12.3 Å². The smallest absolute Gasteiger partial charge is 0.404 e. The highest BCUT2D eigenvalue weighted by Crippen LogP contribution is 2.26. The Hall–Kier alpha value is -1.84. The Bertz CT molecular complexity index is 397. The molecule has 0 N–H and O–H groups in total. The van der Waals surface area contributed by atoms with Gasteiger partial charge in [0.15, 0.2) is 5.75 Å². The predicted molar refractivity (Wildman–Crippen MR) is 40.4 cm³/mol. The summed E-state index contributed by atoms with van der Waals surface area (Å²) in [4.78, 5) is 3.33. The Morgan fingerprint density at radius 1 is 1.47 bits per heavy atom. The largest absolute Gasteiger partial charge is 0.573 e. The number of aromatic nitrogens is 1. The molecule has 1 aromatic heterocycles. The fourth-order valence-electron chi connectivity index (χ4n) is 0.847. The summed E-state index contributed by atoms with van der Waals surface area (Å²) in [7, 11) is 0. The van der Waals surface area contributed by atoms with E-state index in [4.69, 9.17) is 5.26 Å². The Morgan fingerprint density at radius 3 is 2.60 bits per heavy atom. The molecule has 15 heavy (non-hydrogen) atoms. The lowest BCUT2D eigenvalue weighted by atomic mass is 10.2. The van der Waals surface area contributed by atoms with Crippen LogP contribution in [0.2, 0.25) is 0 Å². The zero-order valence-electron chi connectivity index (χ0n) is 7.18. The van der Waals surface area contributed by atoms with Crippen LogP contribution in [0, 0.1) is 11.3 Å². The van der Waals surface area contributed by atoms with E-state index in [-0.39, 0.29) is 5.56 Å². The molecule has 0 aliphatic rings. The number of hydrogen-bond donors (Lipinski definition) is 0. The van der Waals surface area contributed by atoms with E-state index in [1.54, 1.807) is 6.07 Å². The maximum Gasteiger partial charge on any atom is 0.573 e. The molecular formula is C8H4F4N2O. The summed E-state index contributed by atoms with van der Waals surface area (Å²) in [6.45, 7) is -1.20. The molecule has 0 aliphatic heterocycles. The van der Waals surface area contributed by atoms with E-state index in [0.717, 1.165) is 12.3 Å². The number of halogens is 4. The Balaban J connectivity index is 3.08. The molecule has 0 amide bonds. The van der Waals surface area contributed by atoms with Gasteiger partial charge in [0.05, 0.1) is 5.56 Å².